The first-order valence-electron chi connectivity index (χ1n) is 9.58. The lowest BCUT2D eigenvalue weighted by Gasteiger charge is -2.33. The summed E-state index contributed by atoms with van der Waals surface area (Å²) in [7, 11) is 0. The molecule has 4 nitrogen and oxygen atoms in total. The van der Waals surface area contributed by atoms with Crippen LogP contribution in [-0.4, -0.2) is 54.6 Å². The average Bonchev–Trinajstić information content (AvgIpc) is 3.04. The molecule has 0 saturated carbocycles. The van der Waals surface area contributed by atoms with Gasteiger partial charge in [-0.25, -0.2) is 0 Å². The van der Waals surface area contributed by atoms with Crippen LogP contribution >= 0.6 is 0 Å². The van der Waals surface area contributed by atoms with Crippen LogP contribution in [-0.2, 0) is 14.9 Å². The van der Waals surface area contributed by atoms with Crippen molar-refractivity contribution in [3.05, 3.63) is 35.4 Å². The molecule has 2 aliphatic heterocycles. The van der Waals surface area contributed by atoms with Gasteiger partial charge in [-0.05, 0) is 36.3 Å². The maximum absolute atomic E-state index is 12.9. The topological polar surface area (TPSA) is 32.8 Å². The van der Waals surface area contributed by atoms with Crippen molar-refractivity contribution in [2.24, 2.45) is 0 Å². The Morgan fingerprint density at radius 3 is 2.56 bits per heavy atom. The lowest BCUT2D eigenvalue weighted by atomic mass is 9.86. The van der Waals surface area contributed by atoms with Gasteiger partial charge >= 0.3 is 0 Å². The van der Waals surface area contributed by atoms with Crippen LogP contribution in [0.5, 0.6) is 0 Å². The van der Waals surface area contributed by atoms with E-state index in [0.717, 1.165) is 39.1 Å². The fraction of sp³-hybridized carbons (Fsp3) is 0.667. The summed E-state index contributed by atoms with van der Waals surface area (Å²) < 4.78 is 5.58. The van der Waals surface area contributed by atoms with E-state index in [1.54, 1.807) is 0 Å². The first-order valence-corrected chi connectivity index (χ1v) is 9.58. The van der Waals surface area contributed by atoms with Crippen molar-refractivity contribution in [3.63, 3.8) is 0 Å². The Morgan fingerprint density at radius 1 is 1.20 bits per heavy atom. The summed E-state index contributed by atoms with van der Waals surface area (Å²) in [4.78, 5) is 17.2. The standard InChI is InChI=1S/C21H32N2O2/c1-16-14-22(12-13-25-16)15-20(24)23-11-5-6-19(23)17-7-9-18(10-8-17)21(2,3)4/h7-10,16,19H,5-6,11-15H2,1-4H3/t16-,19+/m1/s1. The van der Waals surface area contributed by atoms with Crippen LogP contribution in [0.25, 0.3) is 0 Å². The van der Waals surface area contributed by atoms with E-state index in [1.807, 2.05) is 0 Å². The molecule has 2 saturated heterocycles. The molecule has 0 spiro atoms. The number of morpholine rings is 1. The number of hydrogen-bond acceptors (Lipinski definition) is 3. The highest BCUT2D eigenvalue weighted by Crippen LogP contribution is 2.33. The molecule has 2 aliphatic rings. The second kappa shape index (κ2) is 7.46. The Morgan fingerprint density at radius 2 is 1.92 bits per heavy atom. The van der Waals surface area contributed by atoms with Crippen LogP contribution < -0.4 is 0 Å². The molecule has 0 radical (unpaired) electrons. The molecule has 2 fully saturated rings. The molecule has 1 aromatic rings. The average molecular weight is 344 g/mol. The first-order chi connectivity index (χ1) is 11.8. The largest absolute Gasteiger partial charge is 0.376 e. The summed E-state index contributed by atoms with van der Waals surface area (Å²) in [6.45, 7) is 12.6. The highest BCUT2D eigenvalue weighted by atomic mass is 16.5. The highest BCUT2D eigenvalue weighted by Gasteiger charge is 2.31. The summed E-state index contributed by atoms with van der Waals surface area (Å²) in [5, 5.41) is 0. The molecule has 0 unspecified atom stereocenters. The van der Waals surface area contributed by atoms with Gasteiger partial charge in [0.05, 0.1) is 25.3 Å². The monoisotopic (exact) mass is 344 g/mol. The number of hydrogen-bond donors (Lipinski definition) is 0. The second-order valence-electron chi connectivity index (χ2n) is 8.53. The van der Waals surface area contributed by atoms with Crippen LogP contribution in [0.15, 0.2) is 24.3 Å². The van der Waals surface area contributed by atoms with Gasteiger partial charge in [-0.1, -0.05) is 45.0 Å². The number of carbonyl (C=O) groups excluding carboxylic acids is 1. The smallest absolute Gasteiger partial charge is 0.237 e. The van der Waals surface area contributed by atoms with E-state index in [-0.39, 0.29) is 23.5 Å². The Bertz CT molecular complexity index is 591. The minimum Gasteiger partial charge on any atom is -0.376 e. The zero-order valence-electron chi connectivity index (χ0n) is 16.1. The lowest BCUT2D eigenvalue weighted by molar-refractivity contribution is -0.135. The van der Waals surface area contributed by atoms with Crippen molar-refractivity contribution in [2.45, 2.75) is 58.1 Å². The summed E-state index contributed by atoms with van der Waals surface area (Å²) in [6, 6.07) is 9.11. The van der Waals surface area contributed by atoms with E-state index < -0.39 is 0 Å². The zero-order chi connectivity index (χ0) is 18.0. The fourth-order valence-electron chi connectivity index (χ4n) is 3.93. The zero-order valence-corrected chi connectivity index (χ0v) is 16.1. The minimum absolute atomic E-state index is 0.163. The van der Waals surface area contributed by atoms with Crippen molar-refractivity contribution in [3.8, 4) is 0 Å². The molecule has 0 aromatic heterocycles. The Balaban J connectivity index is 1.66. The fourth-order valence-corrected chi connectivity index (χ4v) is 3.93. The van der Waals surface area contributed by atoms with Gasteiger partial charge in [-0.2, -0.15) is 0 Å². The minimum atomic E-state index is 0.163. The van der Waals surface area contributed by atoms with E-state index >= 15 is 0 Å². The van der Waals surface area contributed by atoms with Gasteiger partial charge in [0.2, 0.25) is 5.91 Å². The van der Waals surface area contributed by atoms with Gasteiger partial charge in [-0.3, -0.25) is 9.69 Å². The van der Waals surface area contributed by atoms with Crippen molar-refractivity contribution >= 4 is 5.91 Å². The molecule has 0 bridgehead atoms. The van der Waals surface area contributed by atoms with Crippen LogP contribution in [0.4, 0.5) is 0 Å². The quantitative estimate of drug-likeness (QED) is 0.843. The predicted molar refractivity (Wildman–Crippen MR) is 101 cm³/mol. The summed E-state index contributed by atoms with van der Waals surface area (Å²) in [5.41, 5.74) is 2.78. The maximum Gasteiger partial charge on any atom is 0.237 e. The molecule has 0 aliphatic carbocycles. The van der Waals surface area contributed by atoms with Gasteiger partial charge < -0.3 is 9.64 Å². The molecule has 0 N–H and O–H groups in total. The van der Waals surface area contributed by atoms with Crippen molar-refractivity contribution in [1.82, 2.24) is 9.80 Å². The number of ether oxygens (including phenoxy) is 1. The molecular weight excluding hydrogens is 312 g/mol. The number of benzene rings is 1. The van der Waals surface area contributed by atoms with E-state index in [2.05, 4.69) is 61.8 Å². The SMILES string of the molecule is C[C@@H]1CN(CC(=O)N2CCC[C@H]2c2ccc(C(C)(C)C)cc2)CCO1. The van der Waals surface area contributed by atoms with E-state index in [0.29, 0.717) is 6.54 Å². The van der Waals surface area contributed by atoms with Crippen LogP contribution in [0.3, 0.4) is 0 Å². The third-order valence-corrected chi connectivity index (χ3v) is 5.42. The second-order valence-corrected chi connectivity index (χ2v) is 8.53. The number of likely N-dealkylation sites (tertiary alicyclic amines) is 1. The molecule has 2 heterocycles. The highest BCUT2D eigenvalue weighted by molar-refractivity contribution is 5.79. The molecule has 25 heavy (non-hydrogen) atoms. The van der Waals surface area contributed by atoms with Gasteiger partial charge in [0.1, 0.15) is 0 Å². The molecule has 4 heteroatoms. The Labute approximate surface area is 152 Å². The molecule has 3 rings (SSSR count). The van der Waals surface area contributed by atoms with Crippen LogP contribution in [0.1, 0.15) is 57.7 Å². The number of nitrogens with zero attached hydrogens (tertiary/aromatic N) is 2. The van der Waals surface area contributed by atoms with Gasteiger partial charge in [0, 0.05) is 19.6 Å². The molecular formula is C21H32N2O2. The molecule has 1 amide bonds. The van der Waals surface area contributed by atoms with Crippen LogP contribution in [0.2, 0.25) is 0 Å². The summed E-state index contributed by atoms with van der Waals surface area (Å²) in [5.74, 6) is 0.261. The van der Waals surface area contributed by atoms with Gasteiger partial charge in [0.25, 0.3) is 0 Å². The summed E-state index contributed by atoms with van der Waals surface area (Å²) in [6.07, 6.45) is 2.39. The Hall–Kier alpha value is -1.39. The lowest BCUT2D eigenvalue weighted by Crippen LogP contribution is -2.47. The third-order valence-electron chi connectivity index (χ3n) is 5.42. The van der Waals surface area contributed by atoms with E-state index in [9.17, 15) is 4.79 Å². The number of carbonyl (C=O) groups is 1. The Kier molecular flexibility index (Phi) is 5.49. The maximum atomic E-state index is 12.9. The molecule has 2 atom stereocenters. The predicted octanol–water partition coefficient (Wildman–Crippen LogP) is 3.37. The van der Waals surface area contributed by atoms with Crippen molar-refractivity contribution < 1.29 is 9.53 Å². The third kappa shape index (κ3) is 4.42. The van der Waals surface area contributed by atoms with Crippen LogP contribution in [0, 0.1) is 0 Å². The molecule has 1 aromatic carbocycles. The molecule has 138 valence electrons. The van der Waals surface area contributed by atoms with E-state index in [1.165, 1.54) is 11.1 Å². The van der Waals surface area contributed by atoms with Gasteiger partial charge in [-0.15, -0.1) is 0 Å². The number of rotatable bonds is 3. The van der Waals surface area contributed by atoms with Crippen molar-refractivity contribution in [2.75, 3.05) is 32.8 Å². The van der Waals surface area contributed by atoms with E-state index in [4.69, 9.17) is 4.74 Å². The summed E-state index contributed by atoms with van der Waals surface area (Å²) >= 11 is 0. The number of amides is 1. The first kappa shape index (κ1) is 18.4. The normalized spacial score (nSPS) is 25.4. The van der Waals surface area contributed by atoms with Gasteiger partial charge in [0.15, 0.2) is 0 Å². The van der Waals surface area contributed by atoms with Crippen molar-refractivity contribution in [1.29, 1.82) is 0 Å².